The van der Waals surface area contributed by atoms with Crippen molar-refractivity contribution in [1.29, 1.82) is 0 Å². The second-order valence-corrected chi connectivity index (χ2v) is 7.54. The summed E-state index contributed by atoms with van der Waals surface area (Å²) in [6.45, 7) is 5.74. The largest absolute Gasteiger partial charge is 0.323 e. The van der Waals surface area contributed by atoms with Crippen molar-refractivity contribution in [2.45, 2.75) is 33.2 Å². The lowest BCUT2D eigenvalue weighted by molar-refractivity contribution is -0.119. The third-order valence-electron chi connectivity index (χ3n) is 5.06. The molecule has 1 atom stereocenters. The minimum atomic E-state index is -0.516. The normalized spacial score (nSPS) is 12.4. The van der Waals surface area contributed by atoms with Gasteiger partial charge in [0.15, 0.2) is 5.65 Å². The first-order chi connectivity index (χ1) is 13.9. The molecule has 4 aromatic rings. The predicted octanol–water partition coefficient (Wildman–Crippen LogP) is 4.51. The number of aromatic nitrogens is 3. The maximum atomic E-state index is 13.3. The van der Waals surface area contributed by atoms with Crippen molar-refractivity contribution in [3.05, 3.63) is 75.2 Å². The Bertz CT molecular complexity index is 1310. The number of para-hydroxylation sites is 1. The van der Waals surface area contributed by atoms with Crippen LogP contribution in [-0.4, -0.2) is 20.1 Å². The van der Waals surface area contributed by atoms with E-state index >= 15 is 0 Å². The zero-order valence-corrected chi connectivity index (χ0v) is 17.2. The van der Waals surface area contributed by atoms with Crippen LogP contribution in [0.4, 0.5) is 5.69 Å². The highest BCUT2D eigenvalue weighted by Crippen LogP contribution is 2.29. The molecule has 0 spiro atoms. The quantitative estimate of drug-likeness (QED) is 0.540. The number of amides is 1. The molecule has 0 saturated carbocycles. The van der Waals surface area contributed by atoms with Gasteiger partial charge in [0, 0.05) is 17.1 Å². The number of hydrogen-bond acceptors (Lipinski definition) is 3. The van der Waals surface area contributed by atoms with E-state index in [-0.39, 0.29) is 11.5 Å². The highest BCUT2D eigenvalue weighted by molar-refractivity contribution is 6.33. The van der Waals surface area contributed by atoms with Crippen LogP contribution in [0.2, 0.25) is 5.02 Å². The van der Waals surface area contributed by atoms with Crippen molar-refractivity contribution in [1.82, 2.24) is 14.2 Å². The fourth-order valence-electron chi connectivity index (χ4n) is 3.72. The molecule has 1 unspecified atom stereocenters. The first kappa shape index (κ1) is 19.2. The molecule has 29 heavy (non-hydrogen) atoms. The van der Waals surface area contributed by atoms with Gasteiger partial charge in [-0.15, -0.1) is 0 Å². The number of aryl methyl sites for hydroxylation is 2. The minimum absolute atomic E-state index is 0.181. The third kappa shape index (κ3) is 3.29. The third-order valence-corrected chi connectivity index (χ3v) is 5.37. The van der Waals surface area contributed by atoms with Gasteiger partial charge in [0.05, 0.1) is 16.2 Å². The van der Waals surface area contributed by atoms with Crippen LogP contribution in [0, 0.1) is 13.8 Å². The van der Waals surface area contributed by atoms with Gasteiger partial charge < -0.3 is 5.32 Å². The number of nitrogens with one attached hydrogen (secondary N) is 1. The highest BCUT2D eigenvalue weighted by atomic mass is 35.5. The molecule has 0 aliphatic heterocycles. The van der Waals surface area contributed by atoms with Crippen LogP contribution in [0.25, 0.3) is 16.6 Å². The van der Waals surface area contributed by atoms with E-state index in [4.69, 9.17) is 11.6 Å². The number of nitrogens with zero attached hydrogens (tertiary/aromatic N) is 3. The van der Waals surface area contributed by atoms with E-state index in [0.29, 0.717) is 22.8 Å². The summed E-state index contributed by atoms with van der Waals surface area (Å²) in [6.07, 6.45) is 0.550. The van der Waals surface area contributed by atoms with Crippen LogP contribution >= 0.6 is 11.6 Å². The molecule has 0 aliphatic carbocycles. The fourth-order valence-corrected chi connectivity index (χ4v) is 4.00. The molecule has 4 rings (SSSR count). The Kier molecular flexibility index (Phi) is 4.88. The lowest BCUT2D eigenvalue weighted by atomic mass is 10.1. The van der Waals surface area contributed by atoms with Gasteiger partial charge in [-0.1, -0.05) is 36.7 Å². The average molecular weight is 409 g/mol. The second kappa shape index (κ2) is 7.37. The summed E-state index contributed by atoms with van der Waals surface area (Å²) in [4.78, 5) is 29.5. The summed E-state index contributed by atoms with van der Waals surface area (Å²) in [5.41, 5.74) is 3.40. The van der Waals surface area contributed by atoms with Crippen LogP contribution in [-0.2, 0) is 4.79 Å². The van der Waals surface area contributed by atoms with Crippen molar-refractivity contribution in [2.75, 3.05) is 5.32 Å². The predicted molar refractivity (Wildman–Crippen MR) is 116 cm³/mol. The number of halogens is 1. The Morgan fingerprint density at radius 2 is 1.93 bits per heavy atom. The van der Waals surface area contributed by atoms with Crippen molar-refractivity contribution >= 4 is 39.7 Å². The van der Waals surface area contributed by atoms with Crippen LogP contribution in [0.5, 0.6) is 0 Å². The Balaban J connectivity index is 1.88. The van der Waals surface area contributed by atoms with Crippen LogP contribution < -0.4 is 10.9 Å². The summed E-state index contributed by atoms with van der Waals surface area (Å²) in [7, 11) is 0. The molecule has 0 fully saturated rings. The van der Waals surface area contributed by atoms with Crippen LogP contribution in [0.1, 0.15) is 30.6 Å². The van der Waals surface area contributed by atoms with Gasteiger partial charge in [0.1, 0.15) is 6.04 Å². The molecule has 2 aromatic carbocycles. The molecule has 6 nitrogen and oxygen atoms in total. The second-order valence-electron chi connectivity index (χ2n) is 7.13. The van der Waals surface area contributed by atoms with Crippen LogP contribution in [0.15, 0.2) is 53.3 Å². The zero-order chi connectivity index (χ0) is 20.7. The number of rotatable bonds is 4. The standard InChI is InChI=1S/C22H21ClN4O2/c1-4-18(22(29)24-17-10-9-13(2)11-16(17)23)27-19-8-6-5-7-15(19)21-25-20(28)12-14(3)26(21)27/h5-12,18H,4H2,1-3H3,(H,24,29). The molecule has 0 radical (unpaired) electrons. The summed E-state index contributed by atoms with van der Waals surface area (Å²) in [5.74, 6) is -0.181. The van der Waals surface area contributed by atoms with Crippen molar-refractivity contribution < 1.29 is 4.79 Å². The summed E-state index contributed by atoms with van der Waals surface area (Å²) >= 11 is 6.31. The Morgan fingerprint density at radius 1 is 1.17 bits per heavy atom. The lowest BCUT2D eigenvalue weighted by Crippen LogP contribution is -2.29. The van der Waals surface area contributed by atoms with Gasteiger partial charge in [-0.25, -0.2) is 4.52 Å². The number of fused-ring (bicyclic) bond motifs is 3. The maximum Gasteiger partial charge on any atom is 0.273 e. The molecular formula is C22H21ClN4O2. The van der Waals surface area contributed by atoms with Crippen molar-refractivity contribution in [3.63, 3.8) is 0 Å². The molecule has 0 saturated heterocycles. The smallest absolute Gasteiger partial charge is 0.273 e. The number of carbonyl (C=O) groups is 1. The van der Waals surface area contributed by atoms with E-state index in [2.05, 4.69) is 10.3 Å². The topological polar surface area (TPSA) is 68.4 Å². The van der Waals surface area contributed by atoms with Crippen molar-refractivity contribution in [3.8, 4) is 0 Å². The Labute approximate surface area is 172 Å². The van der Waals surface area contributed by atoms with Gasteiger partial charge in [0.2, 0.25) is 5.91 Å². The minimum Gasteiger partial charge on any atom is -0.323 e. The molecule has 0 bridgehead atoms. The SMILES string of the molecule is CCC(C(=O)Nc1ccc(C)cc1Cl)n1c2ccccc2c2nc(=O)cc(C)n21. The molecule has 2 aromatic heterocycles. The zero-order valence-electron chi connectivity index (χ0n) is 16.4. The van der Waals surface area contributed by atoms with Gasteiger partial charge in [-0.2, -0.15) is 4.98 Å². The number of hydrogen-bond donors (Lipinski definition) is 1. The monoisotopic (exact) mass is 408 g/mol. The molecule has 148 valence electrons. The van der Waals surface area contributed by atoms with Gasteiger partial charge in [-0.05, 0) is 50.1 Å². The van der Waals surface area contributed by atoms with E-state index < -0.39 is 6.04 Å². The molecular weight excluding hydrogens is 388 g/mol. The van der Waals surface area contributed by atoms with Crippen molar-refractivity contribution in [2.24, 2.45) is 0 Å². The average Bonchev–Trinajstić information content (AvgIpc) is 3.00. The summed E-state index contributed by atoms with van der Waals surface area (Å²) in [6, 6.07) is 14.1. The highest BCUT2D eigenvalue weighted by Gasteiger charge is 2.25. The number of carbonyl (C=O) groups excluding carboxylic acids is 1. The molecule has 2 heterocycles. The molecule has 7 heteroatoms. The van der Waals surface area contributed by atoms with E-state index in [1.807, 2.05) is 66.4 Å². The number of benzene rings is 2. The maximum absolute atomic E-state index is 13.3. The molecule has 0 aliphatic rings. The first-order valence-electron chi connectivity index (χ1n) is 9.47. The first-order valence-corrected chi connectivity index (χ1v) is 9.85. The summed E-state index contributed by atoms with van der Waals surface area (Å²) in [5, 5.41) is 4.27. The van der Waals surface area contributed by atoms with E-state index in [1.54, 1.807) is 6.07 Å². The van der Waals surface area contributed by atoms with Gasteiger partial charge >= 0.3 is 0 Å². The fraction of sp³-hybridized carbons (Fsp3) is 0.227. The molecule has 1 N–H and O–H groups in total. The van der Waals surface area contributed by atoms with E-state index in [1.165, 1.54) is 6.07 Å². The Hall–Kier alpha value is -3.12. The Morgan fingerprint density at radius 3 is 2.66 bits per heavy atom. The summed E-state index contributed by atoms with van der Waals surface area (Å²) < 4.78 is 3.75. The lowest BCUT2D eigenvalue weighted by Gasteiger charge is -2.21. The molecule has 1 amide bonds. The van der Waals surface area contributed by atoms with Gasteiger partial charge in [0.25, 0.3) is 5.56 Å². The van der Waals surface area contributed by atoms with Gasteiger partial charge in [-0.3, -0.25) is 14.3 Å². The van der Waals surface area contributed by atoms with E-state index in [9.17, 15) is 9.59 Å². The van der Waals surface area contributed by atoms with Crippen LogP contribution in [0.3, 0.4) is 0 Å². The van der Waals surface area contributed by atoms with E-state index in [0.717, 1.165) is 22.2 Å². The number of anilines is 1.